The van der Waals surface area contributed by atoms with Crippen molar-refractivity contribution in [1.82, 2.24) is 4.90 Å². The van der Waals surface area contributed by atoms with Gasteiger partial charge in [0.05, 0.1) is 5.56 Å². The second-order valence-electron chi connectivity index (χ2n) is 4.15. The summed E-state index contributed by atoms with van der Waals surface area (Å²) in [6, 6.07) is 4.09. The van der Waals surface area contributed by atoms with Gasteiger partial charge in [0.2, 0.25) is 0 Å². The van der Waals surface area contributed by atoms with Crippen molar-refractivity contribution in [1.29, 1.82) is 0 Å². The topological polar surface area (TPSA) is 46.3 Å². The molecule has 1 atom stereocenters. The van der Waals surface area contributed by atoms with Crippen LogP contribution in [0.3, 0.4) is 0 Å². The zero-order valence-corrected chi connectivity index (χ0v) is 10.5. The Balaban J connectivity index is 2.26. The number of anilines is 1. The predicted molar refractivity (Wildman–Crippen MR) is 68.6 cm³/mol. The number of hydrogen-bond acceptors (Lipinski definition) is 3. The number of benzene rings is 1. The maximum Gasteiger partial charge on any atom is 0.256 e. The highest BCUT2D eigenvalue weighted by molar-refractivity contribution is 7.99. The molecule has 92 valence electrons. The quantitative estimate of drug-likeness (QED) is 0.780. The molecule has 2 rings (SSSR count). The van der Waals surface area contributed by atoms with Crippen molar-refractivity contribution in [2.75, 3.05) is 23.8 Å². The molecule has 1 saturated heterocycles. The van der Waals surface area contributed by atoms with Crippen molar-refractivity contribution in [2.45, 2.75) is 13.0 Å². The van der Waals surface area contributed by atoms with Gasteiger partial charge in [-0.05, 0) is 25.1 Å². The molecular weight excluding hydrogens is 239 g/mol. The Morgan fingerprint density at radius 2 is 2.35 bits per heavy atom. The molecule has 1 fully saturated rings. The van der Waals surface area contributed by atoms with E-state index >= 15 is 0 Å². The highest BCUT2D eigenvalue weighted by Crippen LogP contribution is 2.21. The van der Waals surface area contributed by atoms with Crippen LogP contribution in [0.25, 0.3) is 0 Å². The number of rotatable bonds is 1. The average molecular weight is 254 g/mol. The highest BCUT2D eigenvalue weighted by atomic mass is 32.2. The molecule has 0 spiro atoms. The minimum atomic E-state index is -0.429. The van der Waals surface area contributed by atoms with Crippen LogP contribution in [-0.4, -0.2) is 34.9 Å². The SMILES string of the molecule is CC1CSCCN1C(=O)c1cc(F)ccc1N. The van der Waals surface area contributed by atoms with E-state index in [1.807, 2.05) is 18.7 Å². The van der Waals surface area contributed by atoms with Gasteiger partial charge in [-0.25, -0.2) is 4.39 Å². The monoisotopic (exact) mass is 254 g/mol. The highest BCUT2D eigenvalue weighted by Gasteiger charge is 2.25. The molecule has 1 aromatic carbocycles. The third-order valence-corrected chi connectivity index (χ3v) is 4.06. The summed E-state index contributed by atoms with van der Waals surface area (Å²) >= 11 is 1.83. The molecule has 5 heteroatoms. The third kappa shape index (κ3) is 2.54. The van der Waals surface area contributed by atoms with Gasteiger partial charge in [0.25, 0.3) is 5.91 Å². The molecular formula is C12H15FN2OS. The van der Waals surface area contributed by atoms with E-state index in [1.54, 1.807) is 4.90 Å². The first-order chi connectivity index (χ1) is 8.09. The summed E-state index contributed by atoms with van der Waals surface area (Å²) in [5.41, 5.74) is 6.33. The van der Waals surface area contributed by atoms with E-state index in [1.165, 1.54) is 18.2 Å². The van der Waals surface area contributed by atoms with Gasteiger partial charge >= 0.3 is 0 Å². The number of carbonyl (C=O) groups is 1. The second kappa shape index (κ2) is 4.96. The van der Waals surface area contributed by atoms with Crippen LogP contribution < -0.4 is 5.73 Å². The fourth-order valence-corrected chi connectivity index (χ4v) is 2.91. The van der Waals surface area contributed by atoms with Gasteiger partial charge in [0.1, 0.15) is 5.82 Å². The van der Waals surface area contributed by atoms with E-state index < -0.39 is 5.82 Å². The maximum atomic E-state index is 13.1. The predicted octanol–water partition coefficient (Wildman–Crippen LogP) is 1.99. The number of hydrogen-bond donors (Lipinski definition) is 1. The van der Waals surface area contributed by atoms with Crippen molar-refractivity contribution in [2.24, 2.45) is 0 Å². The molecule has 1 amide bonds. The van der Waals surface area contributed by atoms with Crippen LogP contribution in [0.2, 0.25) is 0 Å². The number of carbonyl (C=O) groups excluding carboxylic acids is 1. The number of halogens is 1. The van der Waals surface area contributed by atoms with Crippen LogP contribution in [0.1, 0.15) is 17.3 Å². The van der Waals surface area contributed by atoms with Gasteiger partial charge in [-0.2, -0.15) is 11.8 Å². The van der Waals surface area contributed by atoms with Gasteiger partial charge in [-0.1, -0.05) is 0 Å². The fraction of sp³-hybridized carbons (Fsp3) is 0.417. The molecule has 3 nitrogen and oxygen atoms in total. The zero-order valence-electron chi connectivity index (χ0n) is 9.65. The first-order valence-corrected chi connectivity index (χ1v) is 6.69. The van der Waals surface area contributed by atoms with Gasteiger partial charge < -0.3 is 10.6 Å². The van der Waals surface area contributed by atoms with Crippen molar-refractivity contribution >= 4 is 23.4 Å². The number of nitrogen functional groups attached to an aromatic ring is 1. The molecule has 1 heterocycles. The van der Waals surface area contributed by atoms with E-state index in [0.29, 0.717) is 12.2 Å². The summed E-state index contributed by atoms with van der Waals surface area (Å²) in [6.45, 7) is 2.69. The van der Waals surface area contributed by atoms with Crippen molar-refractivity contribution in [3.8, 4) is 0 Å². The van der Waals surface area contributed by atoms with Crippen LogP contribution >= 0.6 is 11.8 Å². The molecule has 0 radical (unpaired) electrons. The summed E-state index contributed by atoms with van der Waals surface area (Å²) in [5.74, 6) is 1.24. The van der Waals surface area contributed by atoms with Gasteiger partial charge in [0.15, 0.2) is 0 Å². The lowest BCUT2D eigenvalue weighted by Crippen LogP contribution is -2.44. The fourth-order valence-electron chi connectivity index (χ4n) is 1.90. The van der Waals surface area contributed by atoms with E-state index in [9.17, 15) is 9.18 Å². The zero-order chi connectivity index (χ0) is 12.4. The Hall–Kier alpha value is -1.23. The summed E-state index contributed by atoms with van der Waals surface area (Å²) in [5, 5.41) is 0. The maximum absolute atomic E-state index is 13.1. The van der Waals surface area contributed by atoms with E-state index in [0.717, 1.165) is 11.5 Å². The van der Waals surface area contributed by atoms with Crippen molar-refractivity contribution in [3.63, 3.8) is 0 Å². The van der Waals surface area contributed by atoms with Gasteiger partial charge in [-0.15, -0.1) is 0 Å². The number of nitrogens with zero attached hydrogens (tertiary/aromatic N) is 1. The Kier molecular flexibility index (Phi) is 3.57. The summed E-state index contributed by atoms with van der Waals surface area (Å²) in [6.07, 6.45) is 0. The van der Waals surface area contributed by atoms with Crippen LogP contribution in [0, 0.1) is 5.82 Å². The Morgan fingerprint density at radius 3 is 3.06 bits per heavy atom. The molecule has 1 aliphatic rings. The second-order valence-corrected chi connectivity index (χ2v) is 5.30. The Morgan fingerprint density at radius 1 is 1.59 bits per heavy atom. The normalized spacial score (nSPS) is 20.4. The Bertz CT molecular complexity index is 439. The average Bonchev–Trinajstić information content (AvgIpc) is 2.32. The standard InChI is InChI=1S/C12H15FN2OS/c1-8-7-17-5-4-15(8)12(16)10-6-9(13)2-3-11(10)14/h2-3,6,8H,4-5,7,14H2,1H3. The van der Waals surface area contributed by atoms with E-state index in [4.69, 9.17) is 5.73 Å². The largest absolute Gasteiger partial charge is 0.398 e. The van der Waals surface area contributed by atoms with Crippen LogP contribution in [0.5, 0.6) is 0 Å². The smallest absolute Gasteiger partial charge is 0.256 e. The molecule has 1 aromatic rings. The van der Waals surface area contributed by atoms with Gasteiger partial charge in [0, 0.05) is 29.8 Å². The van der Waals surface area contributed by atoms with Crippen molar-refractivity contribution < 1.29 is 9.18 Å². The lowest BCUT2D eigenvalue weighted by Gasteiger charge is -2.33. The Labute approximate surface area is 104 Å². The van der Waals surface area contributed by atoms with Crippen LogP contribution in [-0.2, 0) is 0 Å². The number of thioether (sulfide) groups is 1. The third-order valence-electron chi connectivity index (χ3n) is 2.87. The van der Waals surface area contributed by atoms with Crippen LogP contribution in [0.15, 0.2) is 18.2 Å². The molecule has 2 N–H and O–H groups in total. The van der Waals surface area contributed by atoms with Crippen LogP contribution in [0.4, 0.5) is 10.1 Å². The number of amides is 1. The minimum Gasteiger partial charge on any atom is -0.398 e. The summed E-state index contributed by atoms with van der Waals surface area (Å²) in [7, 11) is 0. The minimum absolute atomic E-state index is 0.170. The lowest BCUT2D eigenvalue weighted by molar-refractivity contribution is 0.0716. The first-order valence-electron chi connectivity index (χ1n) is 5.53. The molecule has 1 aliphatic heterocycles. The van der Waals surface area contributed by atoms with Gasteiger partial charge in [-0.3, -0.25) is 4.79 Å². The molecule has 0 saturated carbocycles. The summed E-state index contributed by atoms with van der Waals surface area (Å²) < 4.78 is 13.1. The van der Waals surface area contributed by atoms with E-state index in [-0.39, 0.29) is 17.5 Å². The van der Waals surface area contributed by atoms with E-state index in [2.05, 4.69) is 0 Å². The molecule has 0 aromatic heterocycles. The molecule has 1 unspecified atom stereocenters. The molecule has 0 aliphatic carbocycles. The molecule has 17 heavy (non-hydrogen) atoms. The first kappa shape index (κ1) is 12.2. The van der Waals surface area contributed by atoms with Crippen molar-refractivity contribution in [3.05, 3.63) is 29.6 Å². The molecule has 0 bridgehead atoms. The summed E-state index contributed by atoms with van der Waals surface area (Å²) in [4.78, 5) is 14.0. The lowest BCUT2D eigenvalue weighted by atomic mass is 10.1. The number of nitrogens with two attached hydrogens (primary N) is 1.